The average molecular weight is 298 g/mol. The SMILES string of the molecule is O=C(c1cc2c(s1)CCC2)N1CCCCCC1CCl. The summed E-state index contributed by atoms with van der Waals surface area (Å²) in [6.45, 7) is 0.874. The zero-order valence-electron chi connectivity index (χ0n) is 11.2. The quantitative estimate of drug-likeness (QED) is 0.759. The maximum absolute atomic E-state index is 12.7. The van der Waals surface area contributed by atoms with E-state index in [0.29, 0.717) is 5.88 Å². The van der Waals surface area contributed by atoms with Crippen LogP contribution in [0.1, 0.15) is 52.2 Å². The number of rotatable bonds is 2. The summed E-state index contributed by atoms with van der Waals surface area (Å²) in [4.78, 5) is 17.1. The van der Waals surface area contributed by atoms with E-state index in [0.717, 1.165) is 37.1 Å². The van der Waals surface area contributed by atoms with Crippen LogP contribution in [0.15, 0.2) is 6.07 Å². The lowest BCUT2D eigenvalue weighted by molar-refractivity contribution is 0.0705. The largest absolute Gasteiger partial charge is 0.334 e. The highest BCUT2D eigenvalue weighted by molar-refractivity contribution is 7.14. The van der Waals surface area contributed by atoms with Gasteiger partial charge in [-0.15, -0.1) is 22.9 Å². The molecule has 2 nitrogen and oxygen atoms in total. The van der Waals surface area contributed by atoms with Gasteiger partial charge in [0, 0.05) is 23.3 Å². The minimum Gasteiger partial charge on any atom is -0.334 e. The molecule has 0 N–H and O–H groups in total. The minimum atomic E-state index is 0.215. The molecule has 1 aliphatic heterocycles. The van der Waals surface area contributed by atoms with Crippen molar-refractivity contribution in [2.45, 2.75) is 51.0 Å². The molecular formula is C15H20ClNOS. The van der Waals surface area contributed by atoms with Crippen LogP contribution in [0.5, 0.6) is 0 Å². The second-order valence-electron chi connectivity index (χ2n) is 5.57. The van der Waals surface area contributed by atoms with Crippen molar-refractivity contribution in [2.75, 3.05) is 12.4 Å². The molecule has 1 aromatic rings. The summed E-state index contributed by atoms with van der Waals surface area (Å²) in [5, 5.41) is 0. The molecule has 0 spiro atoms. The molecule has 19 heavy (non-hydrogen) atoms. The van der Waals surface area contributed by atoms with E-state index < -0.39 is 0 Å². The molecule has 0 aromatic carbocycles. The fraction of sp³-hybridized carbons (Fsp3) is 0.667. The molecule has 0 radical (unpaired) electrons. The standard InChI is InChI=1S/C15H20ClNOS/c16-10-12-6-2-1-3-8-17(12)15(18)14-9-11-5-4-7-13(11)19-14/h9,12H,1-8,10H2. The van der Waals surface area contributed by atoms with Gasteiger partial charge in [0.1, 0.15) is 0 Å². The first-order chi connectivity index (χ1) is 9.29. The predicted octanol–water partition coefficient (Wildman–Crippen LogP) is 3.86. The zero-order chi connectivity index (χ0) is 13.2. The van der Waals surface area contributed by atoms with Gasteiger partial charge >= 0.3 is 0 Å². The topological polar surface area (TPSA) is 20.3 Å². The van der Waals surface area contributed by atoms with Gasteiger partial charge < -0.3 is 4.90 Å². The van der Waals surface area contributed by atoms with Gasteiger partial charge in [0.05, 0.1) is 4.88 Å². The maximum Gasteiger partial charge on any atom is 0.264 e. The van der Waals surface area contributed by atoms with Crippen molar-refractivity contribution >= 4 is 28.8 Å². The number of halogens is 1. The smallest absolute Gasteiger partial charge is 0.264 e. The predicted molar refractivity (Wildman–Crippen MR) is 80.4 cm³/mol. The number of amides is 1. The highest BCUT2D eigenvalue weighted by Gasteiger charge is 2.28. The summed E-state index contributed by atoms with van der Waals surface area (Å²) in [6, 6.07) is 2.36. The molecule has 3 rings (SSSR count). The van der Waals surface area contributed by atoms with E-state index in [-0.39, 0.29) is 11.9 Å². The molecular weight excluding hydrogens is 278 g/mol. The van der Waals surface area contributed by atoms with Crippen LogP contribution in [-0.2, 0) is 12.8 Å². The van der Waals surface area contributed by atoms with Crippen LogP contribution in [0.4, 0.5) is 0 Å². The zero-order valence-corrected chi connectivity index (χ0v) is 12.7. The summed E-state index contributed by atoms with van der Waals surface area (Å²) >= 11 is 7.77. The molecule has 104 valence electrons. The Labute approximate surface area is 123 Å². The monoisotopic (exact) mass is 297 g/mol. The molecule has 2 heterocycles. The second kappa shape index (κ2) is 5.84. The van der Waals surface area contributed by atoms with E-state index in [4.69, 9.17) is 11.6 Å². The normalized spacial score (nSPS) is 23.2. The molecule has 1 aromatic heterocycles. The van der Waals surface area contributed by atoms with Gasteiger partial charge in [0.15, 0.2) is 0 Å². The van der Waals surface area contributed by atoms with E-state index >= 15 is 0 Å². The van der Waals surface area contributed by atoms with Gasteiger partial charge in [-0.1, -0.05) is 12.8 Å². The Morgan fingerprint density at radius 3 is 3.00 bits per heavy atom. The number of hydrogen-bond acceptors (Lipinski definition) is 2. The molecule has 1 atom stereocenters. The van der Waals surface area contributed by atoms with Gasteiger partial charge in [-0.05, 0) is 43.7 Å². The first kappa shape index (κ1) is 13.4. The van der Waals surface area contributed by atoms with Crippen LogP contribution < -0.4 is 0 Å². The highest BCUT2D eigenvalue weighted by atomic mass is 35.5. The summed E-state index contributed by atoms with van der Waals surface area (Å²) < 4.78 is 0. The molecule has 1 fully saturated rings. The van der Waals surface area contributed by atoms with Gasteiger partial charge in [-0.3, -0.25) is 4.79 Å². The number of fused-ring (bicyclic) bond motifs is 1. The van der Waals surface area contributed by atoms with Crippen LogP contribution >= 0.6 is 22.9 Å². The van der Waals surface area contributed by atoms with Crippen LogP contribution in [0.2, 0.25) is 0 Å². The lowest BCUT2D eigenvalue weighted by Crippen LogP contribution is -2.40. The van der Waals surface area contributed by atoms with E-state index in [2.05, 4.69) is 6.07 Å². The summed E-state index contributed by atoms with van der Waals surface area (Å²) in [5.74, 6) is 0.781. The van der Waals surface area contributed by atoms with E-state index in [9.17, 15) is 4.79 Å². The maximum atomic E-state index is 12.7. The first-order valence-electron chi connectivity index (χ1n) is 7.28. The van der Waals surface area contributed by atoms with Gasteiger partial charge in [-0.25, -0.2) is 0 Å². The number of nitrogens with zero attached hydrogens (tertiary/aromatic N) is 1. The molecule has 1 saturated heterocycles. The number of carbonyl (C=O) groups is 1. The van der Waals surface area contributed by atoms with E-state index in [1.165, 1.54) is 29.7 Å². The van der Waals surface area contributed by atoms with E-state index in [1.54, 1.807) is 11.3 Å². The van der Waals surface area contributed by atoms with Crippen molar-refractivity contribution in [1.29, 1.82) is 0 Å². The molecule has 1 amide bonds. The Morgan fingerprint density at radius 1 is 1.32 bits per heavy atom. The van der Waals surface area contributed by atoms with Crippen LogP contribution in [-0.4, -0.2) is 29.3 Å². The van der Waals surface area contributed by atoms with Crippen LogP contribution in [0, 0.1) is 0 Å². The fourth-order valence-corrected chi connectivity index (χ4v) is 4.71. The molecule has 1 unspecified atom stereocenters. The number of alkyl halides is 1. The van der Waals surface area contributed by atoms with Crippen molar-refractivity contribution in [3.05, 3.63) is 21.4 Å². The van der Waals surface area contributed by atoms with Crippen LogP contribution in [0.25, 0.3) is 0 Å². The van der Waals surface area contributed by atoms with Crippen molar-refractivity contribution in [1.82, 2.24) is 4.90 Å². The Bertz CT molecular complexity index is 449. The number of aryl methyl sites for hydroxylation is 2. The first-order valence-corrected chi connectivity index (χ1v) is 8.63. The molecule has 4 heteroatoms. The second-order valence-corrected chi connectivity index (χ2v) is 7.01. The summed E-state index contributed by atoms with van der Waals surface area (Å²) in [6.07, 6.45) is 8.15. The highest BCUT2D eigenvalue weighted by Crippen LogP contribution is 2.32. The van der Waals surface area contributed by atoms with E-state index in [1.807, 2.05) is 4.90 Å². The molecule has 2 aliphatic rings. The molecule has 0 saturated carbocycles. The fourth-order valence-electron chi connectivity index (χ4n) is 3.18. The average Bonchev–Trinajstić information content (AvgIpc) is 2.91. The minimum absolute atomic E-state index is 0.215. The lowest BCUT2D eigenvalue weighted by atomic mass is 10.1. The Morgan fingerprint density at radius 2 is 2.21 bits per heavy atom. The van der Waals surface area contributed by atoms with Crippen LogP contribution in [0.3, 0.4) is 0 Å². The Hall–Kier alpha value is -0.540. The third kappa shape index (κ3) is 2.68. The van der Waals surface area contributed by atoms with Gasteiger partial charge in [0.2, 0.25) is 0 Å². The number of hydrogen-bond donors (Lipinski definition) is 0. The summed E-state index contributed by atoms with van der Waals surface area (Å²) in [5.41, 5.74) is 1.41. The third-order valence-electron chi connectivity index (χ3n) is 4.27. The van der Waals surface area contributed by atoms with Crippen molar-refractivity contribution in [3.63, 3.8) is 0 Å². The molecule has 0 bridgehead atoms. The van der Waals surface area contributed by atoms with Crippen molar-refractivity contribution in [2.24, 2.45) is 0 Å². The van der Waals surface area contributed by atoms with Gasteiger partial charge in [0.25, 0.3) is 5.91 Å². The Balaban J connectivity index is 1.80. The third-order valence-corrected chi connectivity index (χ3v) is 5.85. The number of thiophene rings is 1. The Kier molecular flexibility index (Phi) is 4.13. The lowest BCUT2D eigenvalue weighted by Gasteiger charge is -2.28. The molecule has 1 aliphatic carbocycles. The van der Waals surface area contributed by atoms with Crippen molar-refractivity contribution < 1.29 is 4.79 Å². The summed E-state index contributed by atoms with van der Waals surface area (Å²) in [7, 11) is 0. The number of likely N-dealkylation sites (tertiary alicyclic amines) is 1. The van der Waals surface area contributed by atoms with Gasteiger partial charge in [-0.2, -0.15) is 0 Å². The van der Waals surface area contributed by atoms with Crippen molar-refractivity contribution in [3.8, 4) is 0 Å². The number of carbonyl (C=O) groups excluding carboxylic acids is 1.